The highest BCUT2D eigenvalue weighted by molar-refractivity contribution is 6.16. The molecule has 3 atom stereocenters. The first-order valence-corrected chi connectivity index (χ1v) is 5.57. The van der Waals surface area contributed by atoms with E-state index in [2.05, 4.69) is 5.16 Å². The second-order valence-corrected chi connectivity index (χ2v) is 4.34. The monoisotopic (exact) mass is 213 g/mol. The Balaban J connectivity index is 1.82. The maximum atomic E-state index is 5.76. The van der Waals surface area contributed by atoms with Crippen LogP contribution in [0.25, 0.3) is 0 Å². The third-order valence-corrected chi connectivity index (χ3v) is 3.46. The first-order valence-electron chi connectivity index (χ1n) is 5.03. The highest BCUT2D eigenvalue weighted by Crippen LogP contribution is 2.44. The van der Waals surface area contributed by atoms with Crippen molar-refractivity contribution in [3.05, 3.63) is 17.5 Å². The van der Waals surface area contributed by atoms with Gasteiger partial charge in [-0.3, -0.25) is 0 Å². The van der Waals surface area contributed by atoms with Crippen LogP contribution in [0.4, 0.5) is 0 Å². The van der Waals surface area contributed by atoms with E-state index in [-0.39, 0.29) is 0 Å². The molecular weight excluding hydrogens is 202 g/mol. The molecule has 0 amide bonds. The van der Waals surface area contributed by atoms with Crippen molar-refractivity contribution < 1.29 is 9.26 Å². The molecule has 0 aliphatic carbocycles. The first-order chi connectivity index (χ1) is 6.86. The molecule has 3 unspecified atom stereocenters. The van der Waals surface area contributed by atoms with E-state index in [1.54, 1.807) is 0 Å². The van der Waals surface area contributed by atoms with Gasteiger partial charge in [-0.15, -0.1) is 11.6 Å². The molecule has 2 aliphatic rings. The standard InChI is InChI=1S/C10H12ClNO2/c11-5-6-3-10(14-12-6)8-4-7-1-2-9(8)13-7/h3,7-9H,1-2,4-5H2. The Morgan fingerprint density at radius 1 is 1.50 bits per heavy atom. The molecule has 4 heteroatoms. The lowest BCUT2D eigenvalue weighted by Gasteiger charge is -2.14. The Morgan fingerprint density at radius 3 is 3.00 bits per heavy atom. The zero-order valence-corrected chi connectivity index (χ0v) is 8.54. The number of aromatic nitrogens is 1. The van der Waals surface area contributed by atoms with E-state index in [9.17, 15) is 0 Å². The lowest BCUT2D eigenvalue weighted by molar-refractivity contribution is 0.0979. The van der Waals surface area contributed by atoms with Crippen molar-refractivity contribution in [1.29, 1.82) is 0 Å². The third-order valence-electron chi connectivity index (χ3n) is 3.19. The van der Waals surface area contributed by atoms with Crippen LogP contribution in [-0.4, -0.2) is 17.4 Å². The molecule has 0 N–H and O–H groups in total. The molecule has 0 saturated carbocycles. The molecular formula is C10H12ClNO2. The van der Waals surface area contributed by atoms with E-state index in [1.807, 2.05) is 6.07 Å². The predicted molar refractivity (Wildman–Crippen MR) is 51.3 cm³/mol. The van der Waals surface area contributed by atoms with Crippen molar-refractivity contribution in [1.82, 2.24) is 5.16 Å². The molecule has 0 radical (unpaired) electrons. The van der Waals surface area contributed by atoms with Crippen LogP contribution >= 0.6 is 11.6 Å². The molecule has 1 aromatic rings. The van der Waals surface area contributed by atoms with Crippen LogP contribution < -0.4 is 0 Å². The lowest BCUT2D eigenvalue weighted by atomic mass is 9.87. The summed E-state index contributed by atoms with van der Waals surface area (Å²) in [6.07, 6.45) is 4.26. The second-order valence-electron chi connectivity index (χ2n) is 4.07. The van der Waals surface area contributed by atoms with Gasteiger partial charge in [0.1, 0.15) is 5.76 Å². The Bertz CT molecular complexity index is 339. The lowest BCUT2D eigenvalue weighted by Crippen LogP contribution is -2.13. The summed E-state index contributed by atoms with van der Waals surface area (Å²) in [5.41, 5.74) is 0.824. The van der Waals surface area contributed by atoms with Crippen molar-refractivity contribution in [2.24, 2.45) is 0 Å². The molecule has 2 saturated heterocycles. The maximum Gasteiger partial charge on any atom is 0.142 e. The molecule has 1 aromatic heterocycles. The van der Waals surface area contributed by atoms with Crippen molar-refractivity contribution in [3.63, 3.8) is 0 Å². The van der Waals surface area contributed by atoms with Crippen LogP contribution in [0.1, 0.15) is 36.6 Å². The fraction of sp³-hybridized carbons (Fsp3) is 0.700. The van der Waals surface area contributed by atoms with Gasteiger partial charge in [0.2, 0.25) is 0 Å². The summed E-state index contributed by atoms with van der Waals surface area (Å²) in [5.74, 6) is 1.79. The average Bonchev–Trinajstić information content (AvgIpc) is 2.93. The van der Waals surface area contributed by atoms with Gasteiger partial charge in [0.15, 0.2) is 0 Å². The van der Waals surface area contributed by atoms with Gasteiger partial charge in [0.05, 0.1) is 23.8 Å². The van der Waals surface area contributed by atoms with Crippen molar-refractivity contribution in [3.8, 4) is 0 Å². The van der Waals surface area contributed by atoms with E-state index >= 15 is 0 Å². The number of ether oxygens (including phenoxy) is 1. The minimum Gasteiger partial charge on any atom is -0.374 e. The largest absolute Gasteiger partial charge is 0.374 e. The molecule has 76 valence electrons. The first kappa shape index (κ1) is 8.74. The Labute approximate surface area is 87.4 Å². The summed E-state index contributed by atoms with van der Waals surface area (Å²) in [4.78, 5) is 0. The molecule has 3 nitrogen and oxygen atoms in total. The molecule has 2 fully saturated rings. The Kier molecular flexibility index (Phi) is 2.03. The van der Waals surface area contributed by atoms with Gasteiger partial charge >= 0.3 is 0 Å². The fourth-order valence-electron chi connectivity index (χ4n) is 2.50. The summed E-state index contributed by atoms with van der Waals surface area (Å²) in [6.45, 7) is 0. The number of nitrogens with zero attached hydrogens (tertiary/aromatic N) is 1. The molecule has 2 aliphatic heterocycles. The molecule has 2 bridgehead atoms. The normalized spacial score (nSPS) is 35.4. The van der Waals surface area contributed by atoms with Crippen molar-refractivity contribution in [2.75, 3.05) is 0 Å². The van der Waals surface area contributed by atoms with Gasteiger partial charge in [-0.25, -0.2) is 0 Å². The molecule has 3 rings (SSSR count). The Hall–Kier alpha value is -0.540. The van der Waals surface area contributed by atoms with Crippen molar-refractivity contribution in [2.45, 2.75) is 43.3 Å². The molecule has 0 aromatic carbocycles. The SMILES string of the molecule is ClCc1cc(C2CC3CCC2O3)on1. The maximum absolute atomic E-state index is 5.76. The minimum atomic E-state index is 0.358. The zero-order chi connectivity index (χ0) is 9.54. The highest BCUT2D eigenvalue weighted by atomic mass is 35.5. The third kappa shape index (κ3) is 1.27. The van der Waals surface area contributed by atoms with E-state index in [0.717, 1.165) is 24.3 Å². The summed E-state index contributed by atoms with van der Waals surface area (Å²) in [7, 11) is 0. The van der Waals surface area contributed by atoms with Crippen LogP contribution in [0.2, 0.25) is 0 Å². The minimum absolute atomic E-state index is 0.358. The summed E-state index contributed by atoms with van der Waals surface area (Å²) in [5, 5.41) is 3.90. The van der Waals surface area contributed by atoms with E-state index in [1.165, 1.54) is 6.42 Å². The van der Waals surface area contributed by atoms with E-state index in [4.69, 9.17) is 20.9 Å². The van der Waals surface area contributed by atoms with E-state index < -0.39 is 0 Å². The van der Waals surface area contributed by atoms with Gasteiger partial charge in [-0.2, -0.15) is 0 Å². The number of hydrogen-bond donors (Lipinski definition) is 0. The Morgan fingerprint density at radius 2 is 2.43 bits per heavy atom. The van der Waals surface area contributed by atoms with Gasteiger partial charge in [0.25, 0.3) is 0 Å². The van der Waals surface area contributed by atoms with E-state index in [0.29, 0.717) is 24.0 Å². The highest BCUT2D eigenvalue weighted by Gasteiger charge is 2.43. The average molecular weight is 214 g/mol. The molecule has 0 spiro atoms. The summed E-state index contributed by atoms with van der Waals surface area (Å²) < 4.78 is 11.0. The number of hydrogen-bond acceptors (Lipinski definition) is 3. The smallest absolute Gasteiger partial charge is 0.142 e. The van der Waals surface area contributed by atoms with Crippen LogP contribution in [0.3, 0.4) is 0 Å². The van der Waals surface area contributed by atoms with Gasteiger partial charge in [-0.1, -0.05) is 5.16 Å². The predicted octanol–water partition coefficient (Wildman–Crippen LogP) is 2.45. The van der Waals surface area contributed by atoms with Crippen LogP contribution in [0.15, 0.2) is 10.6 Å². The number of alkyl halides is 1. The van der Waals surface area contributed by atoms with Gasteiger partial charge < -0.3 is 9.26 Å². The van der Waals surface area contributed by atoms with Gasteiger partial charge in [0, 0.05) is 12.0 Å². The van der Waals surface area contributed by atoms with Crippen molar-refractivity contribution >= 4 is 11.6 Å². The number of fused-ring (bicyclic) bond motifs is 2. The summed E-state index contributed by atoms with van der Waals surface area (Å²) in [6, 6.07) is 1.96. The summed E-state index contributed by atoms with van der Waals surface area (Å²) >= 11 is 5.67. The fourth-order valence-corrected chi connectivity index (χ4v) is 2.63. The van der Waals surface area contributed by atoms with Crippen LogP contribution in [0, 0.1) is 0 Å². The topological polar surface area (TPSA) is 35.3 Å². The molecule has 3 heterocycles. The van der Waals surface area contributed by atoms with Crippen LogP contribution in [-0.2, 0) is 10.6 Å². The number of halogens is 1. The number of rotatable bonds is 2. The second kappa shape index (κ2) is 3.24. The molecule has 14 heavy (non-hydrogen) atoms. The zero-order valence-electron chi connectivity index (χ0n) is 7.78. The van der Waals surface area contributed by atoms with Crippen LogP contribution in [0.5, 0.6) is 0 Å². The van der Waals surface area contributed by atoms with Gasteiger partial charge in [-0.05, 0) is 19.3 Å². The quantitative estimate of drug-likeness (QED) is 0.708.